The Hall–Kier alpha value is -1.88. The molecule has 1 aromatic rings. The van der Waals surface area contributed by atoms with E-state index in [1.807, 2.05) is 0 Å². The highest BCUT2D eigenvalue weighted by molar-refractivity contribution is 5.73. The predicted molar refractivity (Wildman–Crippen MR) is 159 cm³/mol. The summed E-state index contributed by atoms with van der Waals surface area (Å²) in [6, 6.07) is 5.97. The van der Waals surface area contributed by atoms with E-state index in [0.29, 0.717) is 12.2 Å². The van der Waals surface area contributed by atoms with E-state index in [2.05, 4.69) is 6.92 Å². The molecule has 0 aliphatic rings. The Labute approximate surface area is 233 Å². The van der Waals surface area contributed by atoms with Gasteiger partial charge in [-0.2, -0.15) is 0 Å². The van der Waals surface area contributed by atoms with Gasteiger partial charge in [-0.25, -0.2) is 0 Å². The average molecular weight is 532 g/mol. The normalized spacial score (nSPS) is 11.9. The first-order valence-electron chi connectivity index (χ1n) is 15.8. The first-order chi connectivity index (χ1) is 18.5. The van der Waals surface area contributed by atoms with Gasteiger partial charge in [0.1, 0.15) is 11.8 Å². The predicted octanol–water partition coefficient (Wildman–Crippen LogP) is 9.15. The zero-order valence-electron chi connectivity index (χ0n) is 24.4. The summed E-state index contributed by atoms with van der Waals surface area (Å²) < 4.78 is 5.38. The van der Waals surface area contributed by atoms with Gasteiger partial charge in [0.2, 0.25) is 0 Å². The van der Waals surface area contributed by atoms with E-state index in [4.69, 9.17) is 15.6 Å². The molecule has 38 heavy (non-hydrogen) atoms. The highest BCUT2D eigenvalue weighted by Crippen LogP contribution is 2.17. The van der Waals surface area contributed by atoms with Gasteiger partial charge in [-0.05, 0) is 30.5 Å². The summed E-state index contributed by atoms with van der Waals surface area (Å²) >= 11 is 0. The first-order valence-corrected chi connectivity index (χ1v) is 15.8. The van der Waals surface area contributed by atoms with Crippen LogP contribution in [-0.4, -0.2) is 23.1 Å². The minimum Gasteiger partial charge on any atom is -0.480 e. The Balaban J connectivity index is 1.83. The average Bonchev–Trinajstić information content (AvgIpc) is 2.90. The molecule has 0 saturated carbocycles. The van der Waals surface area contributed by atoms with E-state index in [9.17, 15) is 9.59 Å². The molecule has 0 spiro atoms. The minimum atomic E-state index is -1.02. The highest BCUT2D eigenvalue weighted by Gasteiger charge is 2.12. The maximum Gasteiger partial charge on any atom is 0.320 e. The smallest absolute Gasteiger partial charge is 0.320 e. The second kappa shape index (κ2) is 24.2. The maximum atomic E-state index is 12.0. The lowest BCUT2D eigenvalue weighted by Gasteiger charge is -2.08. The summed E-state index contributed by atoms with van der Waals surface area (Å²) in [5, 5.41) is 8.88. The molecule has 0 radical (unpaired) electrons. The van der Waals surface area contributed by atoms with Gasteiger partial charge in [0.15, 0.2) is 0 Å². The maximum absolute atomic E-state index is 12.0. The lowest BCUT2D eigenvalue weighted by Crippen LogP contribution is -2.32. The van der Waals surface area contributed by atoms with Gasteiger partial charge < -0.3 is 15.6 Å². The van der Waals surface area contributed by atoms with E-state index >= 15 is 0 Å². The zero-order chi connectivity index (χ0) is 27.7. The van der Waals surface area contributed by atoms with Gasteiger partial charge in [-0.3, -0.25) is 9.59 Å². The van der Waals surface area contributed by atoms with Crippen molar-refractivity contribution in [2.24, 2.45) is 5.73 Å². The molecule has 5 nitrogen and oxygen atoms in total. The molecule has 0 aromatic heterocycles. The summed E-state index contributed by atoms with van der Waals surface area (Å²) in [6.07, 6.45) is 29.0. The topological polar surface area (TPSA) is 89.6 Å². The van der Waals surface area contributed by atoms with Crippen LogP contribution < -0.4 is 10.5 Å². The van der Waals surface area contributed by atoms with Gasteiger partial charge in [0, 0.05) is 6.42 Å². The van der Waals surface area contributed by atoms with Gasteiger partial charge in [0.05, 0.1) is 0 Å². The van der Waals surface area contributed by atoms with Gasteiger partial charge in [-0.15, -0.1) is 0 Å². The summed E-state index contributed by atoms with van der Waals surface area (Å²) in [5.41, 5.74) is 6.36. The molecule has 218 valence electrons. The Morgan fingerprint density at radius 3 is 1.39 bits per heavy atom. The van der Waals surface area contributed by atoms with Crippen molar-refractivity contribution in [2.75, 3.05) is 0 Å². The van der Waals surface area contributed by atoms with Crippen LogP contribution in [0.4, 0.5) is 0 Å². The van der Waals surface area contributed by atoms with E-state index in [1.54, 1.807) is 24.3 Å². The third-order valence-electron chi connectivity index (χ3n) is 7.41. The van der Waals surface area contributed by atoms with Gasteiger partial charge >= 0.3 is 11.9 Å². The Kier molecular flexibility index (Phi) is 21.7. The molecule has 0 aliphatic heterocycles. The number of rotatable bonds is 26. The molecule has 0 heterocycles. The number of esters is 1. The fraction of sp³-hybridized carbons (Fsp3) is 0.758. The van der Waals surface area contributed by atoms with Crippen LogP contribution in [0, 0.1) is 0 Å². The fourth-order valence-electron chi connectivity index (χ4n) is 4.92. The molecule has 0 aliphatic carbocycles. The molecule has 1 rings (SSSR count). The van der Waals surface area contributed by atoms with Crippen LogP contribution in [0.1, 0.15) is 154 Å². The van der Waals surface area contributed by atoms with Gasteiger partial charge in [0.25, 0.3) is 0 Å². The fourth-order valence-corrected chi connectivity index (χ4v) is 4.92. The number of carboxylic acids is 1. The number of carbonyl (C=O) groups is 2. The highest BCUT2D eigenvalue weighted by atomic mass is 16.5. The molecule has 0 fully saturated rings. The summed E-state index contributed by atoms with van der Waals surface area (Å²) in [4.78, 5) is 22.9. The van der Waals surface area contributed by atoms with Crippen LogP contribution in [-0.2, 0) is 16.0 Å². The van der Waals surface area contributed by atoms with E-state index in [1.165, 1.54) is 122 Å². The number of hydrogen-bond acceptors (Lipinski definition) is 4. The molecule has 1 aromatic carbocycles. The zero-order valence-corrected chi connectivity index (χ0v) is 24.4. The number of ether oxygens (including phenoxy) is 1. The minimum absolute atomic E-state index is 0.210. The Bertz CT molecular complexity index is 703. The molecular weight excluding hydrogens is 474 g/mol. The van der Waals surface area contributed by atoms with E-state index in [0.717, 1.165) is 18.4 Å². The lowest BCUT2D eigenvalue weighted by atomic mass is 10.0. The molecule has 3 N–H and O–H groups in total. The molecule has 5 heteroatoms. The third kappa shape index (κ3) is 20.1. The number of benzene rings is 1. The Morgan fingerprint density at radius 2 is 1.03 bits per heavy atom. The van der Waals surface area contributed by atoms with Crippen LogP contribution in [0.25, 0.3) is 0 Å². The Morgan fingerprint density at radius 1 is 0.658 bits per heavy atom. The van der Waals surface area contributed by atoms with Crippen molar-refractivity contribution in [2.45, 2.75) is 161 Å². The second-order valence-electron chi connectivity index (χ2n) is 11.1. The van der Waals surface area contributed by atoms with Crippen molar-refractivity contribution in [1.82, 2.24) is 0 Å². The molecule has 0 unspecified atom stereocenters. The molecule has 0 saturated heterocycles. The SMILES string of the molecule is CCCCCCCCCCCCCCCCCCCCCCCC(=O)Oc1ccc(C[C@H](N)C(=O)O)cc1. The number of nitrogens with two attached hydrogens (primary N) is 1. The van der Waals surface area contributed by atoms with E-state index < -0.39 is 12.0 Å². The van der Waals surface area contributed by atoms with Crippen LogP contribution in [0.3, 0.4) is 0 Å². The molecule has 1 atom stereocenters. The third-order valence-corrected chi connectivity index (χ3v) is 7.41. The van der Waals surface area contributed by atoms with Crippen molar-refractivity contribution in [3.05, 3.63) is 29.8 Å². The molecule has 0 amide bonds. The standard InChI is InChI=1S/C33H57NO4/c1-2-3-4-5-6-7-8-9-10-11-12-13-14-15-16-17-18-19-20-21-22-23-32(35)38-30-26-24-29(25-27-30)28-31(34)33(36)37/h24-27,31H,2-23,28,34H2,1H3,(H,36,37)/t31-/m0/s1. The number of hydrogen-bond donors (Lipinski definition) is 2. The van der Waals surface area contributed by atoms with Crippen LogP contribution in [0.5, 0.6) is 5.75 Å². The van der Waals surface area contributed by atoms with Crippen LogP contribution in [0.15, 0.2) is 24.3 Å². The van der Waals surface area contributed by atoms with Crippen molar-refractivity contribution >= 4 is 11.9 Å². The van der Waals surface area contributed by atoms with Crippen molar-refractivity contribution in [3.8, 4) is 5.75 Å². The number of unbranched alkanes of at least 4 members (excludes halogenated alkanes) is 20. The number of aliphatic carboxylic acids is 1. The molecular formula is C33H57NO4. The quantitative estimate of drug-likeness (QED) is 0.0706. The van der Waals surface area contributed by atoms with E-state index in [-0.39, 0.29) is 12.4 Å². The van der Waals surface area contributed by atoms with Crippen molar-refractivity contribution in [1.29, 1.82) is 0 Å². The summed E-state index contributed by atoms with van der Waals surface area (Å²) in [7, 11) is 0. The van der Waals surface area contributed by atoms with Crippen molar-refractivity contribution < 1.29 is 19.4 Å². The van der Waals surface area contributed by atoms with Crippen LogP contribution >= 0.6 is 0 Å². The number of carboxylic acid groups (broad SMARTS) is 1. The van der Waals surface area contributed by atoms with Gasteiger partial charge in [-0.1, -0.05) is 147 Å². The monoisotopic (exact) mass is 531 g/mol. The lowest BCUT2D eigenvalue weighted by molar-refractivity contribution is -0.138. The largest absolute Gasteiger partial charge is 0.480 e. The van der Waals surface area contributed by atoms with Crippen LogP contribution in [0.2, 0.25) is 0 Å². The first kappa shape index (κ1) is 34.1. The second-order valence-corrected chi connectivity index (χ2v) is 11.1. The summed E-state index contributed by atoms with van der Waals surface area (Å²) in [6.45, 7) is 2.28. The number of carbonyl (C=O) groups excluding carboxylic acids is 1. The van der Waals surface area contributed by atoms with Crippen molar-refractivity contribution in [3.63, 3.8) is 0 Å². The molecule has 0 bridgehead atoms. The summed E-state index contributed by atoms with van der Waals surface area (Å²) in [5.74, 6) is -0.741.